The van der Waals surface area contributed by atoms with Gasteiger partial charge in [-0.25, -0.2) is 0 Å². The number of morpholine rings is 1. The number of carbonyl (C=O) groups excluding carboxylic acids is 2. The largest absolute Gasteiger partial charge is 0.379 e. The van der Waals surface area contributed by atoms with Gasteiger partial charge in [0.25, 0.3) is 5.91 Å². The molecule has 2 amide bonds. The van der Waals surface area contributed by atoms with Crippen molar-refractivity contribution in [3.05, 3.63) is 34.9 Å². The maximum Gasteiger partial charge on any atom is 0.254 e. The van der Waals surface area contributed by atoms with Crippen LogP contribution in [0.2, 0.25) is 5.02 Å². The van der Waals surface area contributed by atoms with E-state index in [9.17, 15) is 9.59 Å². The number of ether oxygens (including phenoxy) is 1. The number of hydrogen-bond acceptors (Lipinski definition) is 4. The molecule has 0 radical (unpaired) electrons. The van der Waals surface area contributed by atoms with Crippen LogP contribution in [0.5, 0.6) is 0 Å². The summed E-state index contributed by atoms with van der Waals surface area (Å²) in [6.07, 6.45) is 5.10. The zero-order chi connectivity index (χ0) is 22.0. The number of likely N-dealkylation sites (tertiary alicyclic amines) is 1. The molecule has 1 N–H and O–H groups in total. The predicted molar refractivity (Wildman–Crippen MR) is 121 cm³/mol. The Bertz CT molecular complexity index is 809. The Morgan fingerprint density at radius 2 is 1.94 bits per heavy atom. The normalized spacial score (nSPS) is 27.1. The van der Waals surface area contributed by atoms with Crippen molar-refractivity contribution in [1.82, 2.24) is 15.1 Å². The number of nitrogens with zero attached hydrogens (tertiary/aromatic N) is 2. The molecule has 0 aromatic heterocycles. The number of benzene rings is 1. The van der Waals surface area contributed by atoms with Crippen molar-refractivity contribution in [2.24, 2.45) is 5.92 Å². The molecular formula is C24H34ClN3O3. The van der Waals surface area contributed by atoms with Crippen LogP contribution in [0.15, 0.2) is 24.3 Å². The van der Waals surface area contributed by atoms with E-state index in [0.29, 0.717) is 23.0 Å². The van der Waals surface area contributed by atoms with Gasteiger partial charge in [-0.2, -0.15) is 0 Å². The Kier molecular flexibility index (Phi) is 6.89. The lowest BCUT2D eigenvalue weighted by atomic mass is 9.84. The molecule has 31 heavy (non-hydrogen) atoms. The maximum atomic E-state index is 13.5. The van der Waals surface area contributed by atoms with Gasteiger partial charge in [-0.1, -0.05) is 30.5 Å². The van der Waals surface area contributed by atoms with Crippen LogP contribution in [-0.2, 0) is 9.53 Å². The van der Waals surface area contributed by atoms with Crippen molar-refractivity contribution in [3.8, 4) is 0 Å². The summed E-state index contributed by atoms with van der Waals surface area (Å²) >= 11 is 6.14. The molecule has 3 atom stereocenters. The fourth-order valence-corrected chi connectivity index (χ4v) is 5.65. The summed E-state index contributed by atoms with van der Waals surface area (Å²) in [5.74, 6) is 0.287. The van der Waals surface area contributed by atoms with Crippen LogP contribution in [-0.4, -0.2) is 72.1 Å². The van der Waals surface area contributed by atoms with Gasteiger partial charge in [0.2, 0.25) is 5.91 Å². The van der Waals surface area contributed by atoms with Gasteiger partial charge in [-0.15, -0.1) is 0 Å². The van der Waals surface area contributed by atoms with E-state index in [1.54, 1.807) is 24.3 Å². The lowest BCUT2D eigenvalue weighted by molar-refractivity contribution is -0.126. The van der Waals surface area contributed by atoms with Gasteiger partial charge in [0, 0.05) is 41.8 Å². The molecule has 7 heteroatoms. The van der Waals surface area contributed by atoms with Crippen molar-refractivity contribution in [2.75, 3.05) is 32.8 Å². The number of carbonyl (C=O) groups is 2. The predicted octanol–water partition coefficient (Wildman–Crippen LogP) is 3.34. The monoisotopic (exact) mass is 447 g/mol. The number of amides is 2. The van der Waals surface area contributed by atoms with Crippen LogP contribution < -0.4 is 5.32 Å². The van der Waals surface area contributed by atoms with Crippen LogP contribution in [0.1, 0.15) is 56.3 Å². The van der Waals surface area contributed by atoms with Crippen LogP contribution in [0, 0.1) is 5.92 Å². The highest BCUT2D eigenvalue weighted by Crippen LogP contribution is 2.40. The fourth-order valence-electron chi connectivity index (χ4n) is 5.46. The highest BCUT2D eigenvalue weighted by Gasteiger charge is 2.47. The Balaban J connectivity index is 1.49. The smallest absolute Gasteiger partial charge is 0.254 e. The lowest BCUT2D eigenvalue weighted by Crippen LogP contribution is -2.57. The molecular weight excluding hydrogens is 414 g/mol. The molecule has 1 aromatic carbocycles. The third-order valence-electron chi connectivity index (χ3n) is 7.26. The zero-order valence-electron chi connectivity index (χ0n) is 18.6. The van der Waals surface area contributed by atoms with E-state index < -0.39 is 6.04 Å². The Morgan fingerprint density at radius 1 is 1.19 bits per heavy atom. The Morgan fingerprint density at radius 3 is 2.68 bits per heavy atom. The standard InChI is InChI=1S/C24H34ClN3O3/c1-24(2,27-10-12-31-13-11-27)16-26-22(29)21-15-17-6-3-4-9-20(17)28(21)23(30)18-7-5-8-19(25)14-18/h5,7-8,14,17,20-21H,3-4,6,9-13,15-16H2,1-2H3,(H,26,29). The van der Waals surface area contributed by atoms with Crippen LogP contribution in [0.25, 0.3) is 0 Å². The average Bonchev–Trinajstić information content (AvgIpc) is 3.17. The summed E-state index contributed by atoms with van der Waals surface area (Å²) < 4.78 is 5.46. The third kappa shape index (κ3) is 4.91. The Labute approximate surface area is 190 Å². The molecule has 3 unspecified atom stereocenters. The van der Waals surface area contributed by atoms with Crippen LogP contribution in [0.3, 0.4) is 0 Å². The molecule has 4 rings (SSSR count). The molecule has 3 aliphatic rings. The molecule has 0 spiro atoms. The van der Waals surface area contributed by atoms with Gasteiger partial charge in [-0.3, -0.25) is 14.5 Å². The number of hydrogen-bond donors (Lipinski definition) is 1. The summed E-state index contributed by atoms with van der Waals surface area (Å²) in [5, 5.41) is 3.72. The first-order valence-electron chi connectivity index (χ1n) is 11.6. The van der Waals surface area contributed by atoms with Crippen molar-refractivity contribution in [3.63, 3.8) is 0 Å². The molecule has 2 aliphatic heterocycles. The van der Waals surface area contributed by atoms with Crippen LogP contribution in [0.4, 0.5) is 0 Å². The van der Waals surface area contributed by atoms with E-state index in [0.717, 1.165) is 52.0 Å². The highest BCUT2D eigenvalue weighted by molar-refractivity contribution is 6.31. The summed E-state index contributed by atoms with van der Waals surface area (Å²) in [6, 6.07) is 6.79. The summed E-state index contributed by atoms with van der Waals surface area (Å²) in [6.45, 7) is 8.06. The Hall–Kier alpha value is -1.63. The number of nitrogens with one attached hydrogen (secondary N) is 1. The quantitative estimate of drug-likeness (QED) is 0.752. The second-order valence-corrected chi connectivity index (χ2v) is 10.2. The second-order valence-electron chi connectivity index (χ2n) is 9.72. The number of halogens is 1. The summed E-state index contributed by atoms with van der Waals surface area (Å²) in [7, 11) is 0. The van der Waals surface area contributed by atoms with E-state index >= 15 is 0 Å². The average molecular weight is 448 g/mol. The van der Waals surface area contributed by atoms with Crippen molar-refractivity contribution < 1.29 is 14.3 Å². The minimum atomic E-state index is -0.417. The molecule has 170 valence electrons. The topological polar surface area (TPSA) is 61.9 Å². The van der Waals surface area contributed by atoms with Gasteiger partial charge in [0.15, 0.2) is 0 Å². The van der Waals surface area contributed by atoms with Crippen molar-refractivity contribution in [1.29, 1.82) is 0 Å². The minimum Gasteiger partial charge on any atom is -0.379 e. The molecule has 1 aromatic rings. The molecule has 0 bridgehead atoms. The molecule has 2 saturated heterocycles. The third-order valence-corrected chi connectivity index (χ3v) is 7.49. The van der Waals surface area contributed by atoms with Gasteiger partial charge in [-0.05, 0) is 57.2 Å². The fraction of sp³-hybridized carbons (Fsp3) is 0.667. The minimum absolute atomic E-state index is 0.0360. The van der Waals surface area contributed by atoms with E-state index in [1.165, 1.54) is 6.42 Å². The highest BCUT2D eigenvalue weighted by atomic mass is 35.5. The number of fused-ring (bicyclic) bond motifs is 1. The van der Waals surface area contributed by atoms with E-state index in [2.05, 4.69) is 24.1 Å². The lowest BCUT2D eigenvalue weighted by Gasteiger charge is -2.41. The maximum absolute atomic E-state index is 13.5. The SMILES string of the molecule is CC(C)(CNC(=O)C1CC2CCCCC2N1C(=O)c1cccc(Cl)c1)N1CCOCC1. The molecule has 1 aliphatic carbocycles. The summed E-state index contributed by atoms with van der Waals surface area (Å²) in [5.41, 5.74) is 0.400. The zero-order valence-corrected chi connectivity index (χ0v) is 19.4. The van der Waals surface area contributed by atoms with Gasteiger partial charge in [0.1, 0.15) is 6.04 Å². The summed E-state index contributed by atoms with van der Waals surface area (Å²) in [4.78, 5) is 31.1. The molecule has 3 fully saturated rings. The van der Waals surface area contributed by atoms with Crippen molar-refractivity contribution in [2.45, 2.75) is 63.6 Å². The van der Waals surface area contributed by atoms with E-state index in [1.807, 2.05) is 4.90 Å². The first kappa shape index (κ1) is 22.6. The van der Waals surface area contributed by atoms with Crippen molar-refractivity contribution >= 4 is 23.4 Å². The molecule has 6 nitrogen and oxygen atoms in total. The number of rotatable bonds is 5. The van der Waals surface area contributed by atoms with Gasteiger partial charge in [0.05, 0.1) is 13.2 Å². The van der Waals surface area contributed by atoms with Gasteiger partial charge >= 0.3 is 0 Å². The van der Waals surface area contributed by atoms with E-state index in [4.69, 9.17) is 16.3 Å². The first-order valence-corrected chi connectivity index (χ1v) is 11.9. The van der Waals surface area contributed by atoms with E-state index in [-0.39, 0.29) is 23.4 Å². The first-order chi connectivity index (χ1) is 14.9. The molecule has 2 heterocycles. The van der Waals surface area contributed by atoms with Gasteiger partial charge < -0.3 is 15.0 Å². The molecule has 1 saturated carbocycles. The second kappa shape index (κ2) is 9.47. The van der Waals surface area contributed by atoms with Crippen LogP contribution >= 0.6 is 11.6 Å².